The molecule has 12 heavy (non-hydrogen) atoms. The predicted molar refractivity (Wildman–Crippen MR) is 40.9 cm³/mol. The molecular formula is C9H6F2O. The van der Waals surface area contributed by atoms with E-state index in [1.165, 1.54) is 12.3 Å². The molecule has 0 radical (unpaired) electrons. The molecule has 0 spiro atoms. The molecule has 62 valence electrons. The van der Waals surface area contributed by atoms with Gasteiger partial charge in [-0.25, -0.2) is 8.78 Å². The van der Waals surface area contributed by atoms with E-state index in [1.54, 1.807) is 6.92 Å². The highest BCUT2D eigenvalue weighted by atomic mass is 19.2. The lowest BCUT2D eigenvalue weighted by molar-refractivity contribution is 0.514. The Labute approximate surface area is 67.6 Å². The molecule has 3 heteroatoms. The van der Waals surface area contributed by atoms with Crippen LogP contribution in [0.4, 0.5) is 8.78 Å². The second-order valence-electron chi connectivity index (χ2n) is 2.65. The van der Waals surface area contributed by atoms with Crippen molar-refractivity contribution in [1.82, 2.24) is 0 Å². The average molecular weight is 168 g/mol. The number of rotatable bonds is 0. The van der Waals surface area contributed by atoms with Crippen LogP contribution in [-0.2, 0) is 0 Å². The Bertz CT molecular complexity index is 431. The molecule has 0 amide bonds. The minimum Gasteiger partial charge on any atom is -0.464 e. The normalized spacial score (nSPS) is 10.9. The lowest BCUT2D eigenvalue weighted by atomic mass is 10.1. The number of fused-ring (bicyclic) bond motifs is 1. The molecule has 0 aliphatic rings. The van der Waals surface area contributed by atoms with Gasteiger partial charge in [-0.2, -0.15) is 0 Å². The molecular weight excluding hydrogens is 162 g/mol. The number of hydrogen-bond donors (Lipinski definition) is 0. The maximum atomic E-state index is 13.0. The fourth-order valence-electron chi connectivity index (χ4n) is 1.24. The van der Waals surface area contributed by atoms with Crippen molar-refractivity contribution in [2.45, 2.75) is 6.92 Å². The highest BCUT2D eigenvalue weighted by Gasteiger charge is 2.11. The number of halogens is 2. The average Bonchev–Trinajstić information content (AvgIpc) is 2.48. The highest BCUT2D eigenvalue weighted by Crippen LogP contribution is 2.24. The van der Waals surface area contributed by atoms with E-state index in [2.05, 4.69) is 0 Å². The second-order valence-corrected chi connectivity index (χ2v) is 2.65. The summed E-state index contributed by atoms with van der Waals surface area (Å²) < 4.78 is 30.7. The molecule has 2 aromatic rings. The van der Waals surface area contributed by atoms with E-state index in [1.807, 2.05) is 0 Å². The molecule has 0 aliphatic carbocycles. The topological polar surface area (TPSA) is 13.1 Å². The fraction of sp³-hybridized carbons (Fsp3) is 0.111. The maximum absolute atomic E-state index is 13.0. The molecule has 0 saturated heterocycles. The molecule has 2 rings (SSSR count). The maximum Gasteiger partial charge on any atom is 0.169 e. The van der Waals surface area contributed by atoms with Crippen LogP contribution in [0.15, 0.2) is 22.8 Å². The molecule has 0 aliphatic heterocycles. The molecule has 1 nitrogen and oxygen atoms in total. The lowest BCUT2D eigenvalue weighted by Gasteiger charge is -1.96. The highest BCUT2D eigenvalue weighted by molar-refractivity contribution is 5.80. The third kappa shape index (κ3) is 0.826. The summed E-state index contributed by atoms with van der Waals surface area (Å²) >= 11 is 0. The molecule has 1 heterocycles. The van der Waals surface area contributed by atoms with E-state index in [0.29, 0.717) is 11.1 Å². The van der Waals surface area contributed by atoms with Crippen LogP contribution in [-0.4, -0.2) is 0 Å². The number of hydrogen-bond acceptors (Lipinski definition) is 1. The molecule has 0 bridgehead atoms. The Morgan fingerprint density at radius 2 is 2.08 bits per heavy atom. The molecule has 1 aromatic carbocycles. The first-order valence-electron chi connectivity index (χ1n) is 3.52. The molecule has 0 unspecified atom stereocenters. The van der Waals surface area contributed by atoms with Gasteiger partial charge in [0.05, 0.1) is 11.6 Å². The van der Waals surface area contributed by atoms with E-state index in [0.717, 1.165) is 6.07 Å². The quantitative estimate of drug-likeness (QED) is 0.589. The second kappa shape index (κ2) is 2.30. The summed E-state index contributed by atoms with van der Waals surface area (Å²) in [6.45, 7) is 1.67. The summed E-state index contributed by atoms with van der Waals surface area (Å²) in [5, 5.41) is 0.201. The van der Waals surface area contributed by atoms with Crippen molar-refractivity contribution in [2.24, 2.45) is 0 Å². The zero-order chi connectivity index (χ0) is 8.72. The monoisotopic (exact) mass is 168 g/mol. The van der Waals surface area contributed by atoms with Gasteiger partial charge in [0, 0.05) is 0 Å². The van der Waals surface area contributed by atoms with Gasteiger partial charge < -0.3 is 4.42 Å². The van der Waals surface area contributed by atoms with Gasteiger partial charge in [-0.3, -0.25) is 0 Å². The van der Waals surface area contributed by atoms with E-state index in [9.17, 15) is 8.78 Å². The van der Waals surface area contributed by atoms with Gasteiger partial charge in [-0.15, -0.1) is 0 Å². The zero-order valence-corrected chi connectivity index (χ0v) is 6.40. The van der Waals surface area contributed by atoms with Gasteiger partial charge in [-0.1, -0.05) is 0 Å². The third-order valence-corrected chi connectivity index (χ3v) is 1.81. The van der Waals surface area contributed by atoms with Gasteiger partial charge >= 0.3 is 0 Å². The van der Waals surface area contributed by atoms with Gasteiger partial charge in [0.15, 0.2) is 11.6 Å². The Balaban J connectivity index is 2.97. The fourth-order valence-corrected chi connectivity index (χ4v) is 1.24. The Morgan fingerprint density at radius 1 is 1.33 bits per heavy atom. The molecule has 0 fully saturated rings. The van der Waals surface area contributed by atoms with Crippen LogP contribution in [0.2, 0.25) is 0 Å². The van der Waals surface area contributed by atoms with Gasteiger partial charge in [0.25, 0.3) is 0 Å². The lowest BCUT2D eigenvalue weighted by Crippen LogP contribution is -1.86. The van der Waals surface area contributed by atoms with Crippen molar-refractivity contribution in [2.75, 3.05) is 0 Å². The number of aryl methyl sites for hydroxylation is 1. The van der Waals surface area contributed by atoms with Crippen LogP contribution < -0.4 is 0 Å². The van der Waals surface area contributed by atoms with Crippen molar-refractivity contribution >= 4 is 11.0 Å². The molecule has 0 saturated carbocycles. The van der Waals surface area contributed by atoms with Crippen LogP contribution in [0.3, 0.4) is 0 Å². The smallest absolute Gasteiger partial charge is 0.169 e. The SMILES string of the molecule is Cc1cc(F)c(F)c2ccoc12. The summed E-state index contributed by atoms with van der Waals surface area (Å²) in [6.07, 6.45) is 1.35. The molecule has 0 atom stereocenters. The first-order chi connectivity index (χ1) is 5.70. The van der Waals surface area contributed by atoms with Gasteiger partial charge in [-0.05, 0) is 24.6 Å². The molecule has 1 aromatic heterocycles. The summed E-state index contributed by atoms with van der Waals surface area (Å²) in [7, 11) is 0. The first kappa shape index (κ1) is 7.28. The molecule has 0 N–H and O–H groups in total. The van der Waals surface area contributed by atoms with Crippen molar-refractivity contribution in [1.29, 1.82) is 0 Å². The number of furan rings is 1. The summed E-state index contributed by atoms with van der Waals surface area (Å²) in [6, 6.07) is 2.54. The third-order valence-electron chi connectivity index (χ3n) is 1.81. The Kier molecular flexibility index (Phi) is 1.40. The summed E-state index contributed by atoms with van der Waals surface area (Å²) in [4.78, 5) is 0. The van der Waals surface area contributed by atoms with E-state index in [4.69, 9.17) is 4.42 Å². The van der Waals surface area contributed by atoms with Crippen molar-refractivity contribution < 1.29 is 13.2 Å². The van der Waals surface area contributed by atoms with Gasteiger partial charge in [0.2, 0.25) is 0 Å². The standard InChI is InChI=1S/C9H6F2O/c1-5-4-7(10)8(11)6-2-3-12-9(5)6/h2-4H,1H3. The van der Waals surface area contributed by atoms with Crippen LogP contribution in [0.1, 0.15) is 5.56 Å². The minimum atomic E-state index is -0.843. The van der Waals surface area contributed by atoms with Crippen molar-refractivity contribution in [3.8, 4) is 0 Å². The summed E-state index contributed by atoms with van der Waals surface area (Å²) in [5.74, 6) is -1.68. The summed E-state index contributed by atoms with van der Waals surface area (Å²) in [5.41, 5.74) is 1.02. The predicted octanol–water partition coefficient (Wildman–Crippen LogP) is 3.02. The van der Waals surface area contributed by atoms with Crippen molar-refractivity contribution in [3.05, 3.63) is 35.6 Å². The van der Waals surface area contributed by atoms with Crippen LogP contribution >= 0.6 is 0 Å². The van der Waals surface area contributed by atoms with Crippen LogP contribution in [0.5, 0.6) is 0 Å². The Morgan fingerprint density at radius 3 is 2.83 bits per heavy atom. The Hall–Kier alpha value is -1.38. The van der Waals surface area contributed by atoms with Crippen LogP contribution in [0.25, 0.3) is 11.0 Å². The zero-order valence-electron chi connectivity index (χ0n) is 6.40. The van der Waals surface area contributed by atoms with Crippen molar-refractivity contribution in [3.63, 3.8) is 0 Å². The first-order valence-corrected chi connectivity index (χ1v) is 3.52. The van der Waals surface area contributed by atoms with Gasteiger partial charge in [0.1, 0.15) is 5.58 Å². The largest absolute Gasteiger partial charge is 0.464 e. The van der Waals surface area contributed by atoms with E-state index < -0.39 is 11.6 Å². The minimum absolute atomic E-state index is 0.201. The number of benzene rings is 1. The van der Waals surface area contributed by atoms with E-state index in [-0.39, 0.29) is 5.39 Å². The van der Waals surface area contributed by atoms with Crippen LogP contribution in [0, 0.1) is 18.6 Å². The van der Waals surface area contributed by atoms with E-state index >= 15 is 0 Å².